The fourth-order valence-electron chi connectivity index (χ4n) is 2.85. The van der Waals surface area contributed by atoms with Crippen LogP contribution in [0.3, 0.4) is 0 Å². The Hall–Kier alpha value is -3.16. The molecule has 1 amide bonds. The molecule has 0 aliphatic carbocycles. The summed E-state index contributed by atoms with van der Waals surface area (Å²) in [4.78, 5) is 12.5. The summed E-state index contributed by atoms with van der Waals surface area (Å²) in [6.45, 7) is 1.01. The molecule has 0 aliphatic rings. The van der Waals surface area contributed by atoms with E-state index in [-0.39, 0.29) is 12.2 Å². The van der Waals surface area contributed by atoms with E-state index in [9.17, 15) is 23.1 Å². The number of anilines is 1. The van der Waals surface area contributed by atoms with Crippen molar-refractivity contribution in [2.75, 3.05) is 5.32 Å². The summed E-state index contributed by atoms with van der Waals surface area (Å²) in [6.07, 6.45) is -1.53. The Kier molecular flexibility index (Phi) is 6.20. The van der Waals surface area contributed by atoms with Crippen molar-refractivity contribution < 1.29 is 23.1 Å². The Bertz CT molecular complexity index is 1150. The van der Waals surface area contributed by atoms with Crippen LogP contribution in [0.5, 0.6) is 0 Å². The van der Waals surface area contributed by atoms with Crippen LogP contribution >= 0.6 is 15.9 Å². The molecular formula is C21H16BrF3N4O2. The molecule has 2 N–H and O–H groups in total. The van der Waals surface area contributed by atoms with Crippen LogP contribution in [0.15, 0.2) is 59.3 Å². The minimum atomic E-state index is -4.76. The van der Waals surface area contributed by atoms with E-state index in [1.54, 1.807) is 12.4 Å². The van der Waals surface area contributed by atoms with Gasteiger partial charge in [0.2, 0.25) is 0 Å². The second-order valence-corrected chi connectivity index (χ2v) is 7.95. The van der Waals surface area contributed by atoms with Gasteiger partial charge in [-0.1, -0.05) is 28.1 Å². The number of alkyl halides is 3. The Balaban J connectivity index is 1.75. The van der Waals surface area contributed by atoms with Crippen molar-refractivity contribution in [2.24, 2.45) is 0 Å². The standard InChI is InChI=1S/C21H16BrF3N4O2/c1-20(31,12-29-11-15(10-27-29)13-2-5-16(22)6-3-13)19(30)28-17-7-4-14(9-26)18(8-17)21(23,24)25/h2-8,10-11,31H,12H2,1H3,(H,28,30)/t20-/m0/s1. The fourth-order valence-corrected chi connectivity index (χ4v) is 3.11. The van der Waals surface area contributed by atoms with Gasteiger partial charge in [-0.25, -0.2) is 0 Å². The van der Waals surface area contributed by atoms with E-state index in [1.807, 2.05) is 24.3 Å². The Labute approximate surface area is 184 Å². The largest absolute Gasteiger partial charge is 0.417 e. The van der Waals surface area contributed by atoms with Crippen molar-refractivity contribution in [3.63, 3.8) is 0 Å². The highest BCUT2D eigenvalue weighted by molar-refractivity contribution is 9.10. The molecule has 0 saturated carbocycles. The number of benzene rings is 2. The molecule has 2 aromatic carbocycles. The minimum absolute atomic E-state index is 0.187. The highest BCUT2D eigenvalue weighted by Gasteiger charge is 2.35. The summed E-state index contributed by atoms with van der Waals surface area (Å²) >= 11 is 3.35. The lowest BCUT2D eigenvalue weighted by atomic mass is 10.0. The second-order valence-electron chi connectivity index (χ2n) is 7.03. The van der Waals surface area contributed by atoms with Crippen LogP contribution in [0, 0.1) is 11.3 Å². The number of hydrogen-bond acceptors (Lipinski definition) is 4. The molecule has 0 aliphatic heterocycles. The van der Waals surface area contributed by atoms with Gasteiger partial charge >= 0.3 is 6.18 Å². The number of carbonyl (C=O) groups excluding carboxylic acids is 1. The maximum atomic E-state index is 13.1. The Morgan fingerprint density at radius 3 is 2.52 bits per heavy atom. The average molecular weight is 493 g/mol. The molecule has 0 fully saturated rings. The molecule has 0 bridgehead atoms. The molecule has 0 unspecified atom stereocenters. The monoisotopic (exact) mass is 492 g/mol. The maximum absolute atomic E-state index is 13.1. The third kappa shape index (κ3) is 5.31. The SMILES string of the molecule is C[C@](O)(Cn1cc(-c2ccc(Br)cc2)cn1)C(=O)Nc1ccc(C#N)c(C(F)(F)F)c1. The van der Waals surface area contributed by atoms with E-state index in [4.69, 9.17) is 5.26 Å². The summed E-state index contributed by atoms with van der Waals surface area (Å²) in [5, 5.41) is 25.9. The quantitative estimate of drug-likeness (QED) is 0.544. The number of rotatable bonds is 5. The summed E-state index contributed by atoms with van der Waals surface area (Å²) in [7, 11) is 0. The van der Waals surface area contributed by atoms with Gasteiger partial charge in [-0.3, -0.25) is 9.48 Å². The topological polar surface area (TPSA) is 90.9 Å². The molecule has 1 atom stereocenters. The van der Waals surface area contributed by atoms with E-state index < -0.39 is 28.8 Å². The lowest BCUT2D eigenvalue weighted by Crippen LogP contribution is -2.43. The second kappa shape index (κ2) is 8.53. The zero-order chi connectivity index (χ0) is 22.8. The van der Waals surface area contributed by atoms with Crippen molar-refractivity contribution >= 4 is 27.5 Å². The number of amides is 1. The summed E-state index contributed by atoms with van der Waals surface area (Å²) < 4.78 is 41.6. The van der Waals surface area contributed by atoms with Crippen molar-refractivity contribution in [2.45, 2.75) is 25.2 Å². The number of nitriles is 1. The van der Waals surface area contributed by atoms with Crippen molar-refractivity contribution in [3.05, 3.63) is 70.5 Å². The molecule has 10 heteroatoms. The smallest absolute Gasteiger partial charge is 0.378 e. The van der Waals surface area contributed by atoms with Crippen LogP contribution in [0.1, 0.15) is 18.1 Å². The number of nitrogens with one attached hydrogen (secondary N) is 1. The molecule has 0 saturated heterocycles. The van der Waals surface area contributed by atoms with E-state index in [2.05, 4.69) is 26.3 Å². The highest BCUT2D eigenvalue weighted by Crippen LogP contribution is 2.33. The van der Waals surface area contributed by atoms with Gasteiger partial charge in [-0.2, -0.15) is 23.5 Å². The number of aliphatic hydroxyl groups is 1. The molecule has 0 spiro atoms. The van der Waals surface area contributed by atoms with Gasteiger partial charge in [0.15, 0.2) is 5.60 Å². The van der Waals surface area contributed by atoms with E-state index >= 15 is 0 Å². The first kappa shape index (κ1) is 22.5. The Morgan fingerprint density at radius 2 is 1.90 bits per heavy atom. The van der Waals surface area contributed by atoms with E-state index in [0.29, 0.717) is 6.07 Å². The first-order valence-corrected chi connectivity index (χ1v) is 9.72. The van der Waals surface area contributed by atoms with Gasteiger partial charge in [0.25, 0.3) is 5.91 Å². The minimum Gasteiger partial charge on any atom is -0.378 e. The first-order chi connectivity index (χ1) is 14.5. The predicted octanol–water partition coefficient (Wildman–Crippen LogP) is 4.59. The predicted molar refractivity (Wildman–Crippen MR) is 111 cm³/mol. The van der Waals surface area contributed by atoms with Gasteiger partial charge < -0.3 is 10.4 Å². The fraction of sp³-hybridized carbons (Fsp3) is 0.190. The molecule has 6 nitrogen and oxygen atoms in total. The molecule has 1 heterocycles. The number of halogens is 4. The van der Waals surface area contributed by atoms with Crippen molar-refractivity contribution in [3.8, 4) is 17.2 Å². The van der Waals surface area contributed by atoms with Crippen molar-refractivity contribution in [1.29, 1.82) is 5.26 Å². The summed E-state index contributed by atoms with van der Waals surface area (Å²) in [5.74, 6) is -0.911. The number of aromatic nitrogens is 2. The molecule has 160 valence electrons. The van der Waals surface area contributed by atoms with Gasteiger partial charge in [0.1, 0.15) is 0 Å². The highest BCUT2D eigenvalue weighted by atomic mass is 79.9. The summed E-state index contributed by atoms with van der Waals surface area (Å²) in [6, 6.07) is 11.7. The van der Waals surface area contributed by atoms with Crippen LogP contribution in [0.4, 0.5) is 18.9 Å². The molecule has 3 aromatic rings. The third-order valence-electron chi connectivity index (χ3n) is 4.47. The van der Waals surface area contributed by atoms with E-state index in [0.717, 1.165) is 21.7 Å². The third-order valence-corrected chi connectivity index (χ3v) is 5.00. The van der Waals surface area contributed by atoms with E-state index in [1.165, 1.54) is 23.7 Å². The zero-order valence-corrected chi connectivity index (χ0v) is 17.7. The normalized spacial score (nSPS) is 13.3. The molecule has 1 aromatic heterocycles. The number of nitrogens with zero attached hydrogens (tertiary/aromatic N) is 3. The van der Waals surface area contributed by atoms with Crippen molar-refractivity contribution in [1.82, 2.24) is 9.78 Å². The van der Waals surface area contributed by atoms with Gasteiger partial charge in [-0.15, -0.1) is 0 Å². The first-order valence-electron chi connectivity index (χ1n) is 8.93. The van der Waals surface area contributed by atoms with Crippen LogP contribution in [0.2, 0.25) is 0 Å². The van der Waals surface area contributed by atoms with Gasteiger partial charge in [-0.05, 0) is 42.8 Å². The van der Waals surface area contributed by atoms with Crippen LogP contribution in [-0.2, 0) is 17.5 Å². The Morgan fingerprint density at radius 1 is 1.23 bits per heavy atom. The zero-order valence-electron chi connectivity index (χ0n) is 16.1. The molecule has 31 heavy (non-hydrogen) atoms. The number of carbonyl (C=O) groups is 1. The van der Waals surface area contributed by atoms with Crippen LogP contribution in [0.25, 0.3) is 11.1 Å². The van der Waals surface area contributed by atoms with Crippen LogP contribution in [-0.4, -0.2) is 26.4 Å². The molecule has 3 rings (SSSR count). The summed E-state index contributed by atoms with van der Waals surface area (Å²) in [5.41, 5.74) is -2.23. The molecule has 0 radical (unpaired) electrons. The van der Waals surface area contributed by atoms with Gasteiger partial charge in [0, 0.05) is 21.9 Å². The van der Waals surface area contributed by atoms with Gasteiger partial charge in [0.05, 0.1) is 29.9 Å². The van der Waals surface area contributed by atoms with Crippen LogP contribution < -0.4 is 5.32 Å². The lowest BCUT2D eigenvalue weighted by molar-refractivity contribution is -0.138. The number of hydrogen-bond donors (Lipinski definition) is 2. The maximum Gasteiger partial charge on any atom is 0.417 e. The molecular weight excluding hydrogens is 477 g/mol. The average Bonchev–Trinajstić information content (AvgIpc) is 3.15. The lowest BCUT2D eigenvalue weighted by Gasteiger charge is -2.22.